The topological polar surface area (TPSA) is 16.4 Å². The maximum absolute atomic E-state index is 6.21. The van der Waals surface area contributed by atoms with E-state index in [1.165, 1.54) is 49.7 Å². The third kappa shape index (κ3) is 6.44. The fraction of sp³-hybridized carbons (Fsp3) is 0. The zero-order valence-electron chi connectivity index (χ0n) is 30.7. The zero-order chi connectivity index (χ0) is 37.3. The third-order valence-electron chi connectivity index (χ3n) is 10.6. The Hall–Kier alpha value is -7.42. The van der Waals surface area contributed by atoms with Crippen molar-refractivity contribution in [3.63, 3.8) is 0 Å². The van der Waals surface area contributed by atoms with Crippen LogP contribution in [-0.2, 0) is 0 Å². The lowest BCUT2D eigenvalue weighted by atomic mass is 9.97. The second-order valence-electron chi connectivity index (χ2n) is 14.2. The predicted octanol–water partition coefficient (Wildman–Crippen LogP) is 15.4. The molecule has 0 spiro atoms. The number of benzene rings is 9. The molecular formula is C54H37NO. The molecule has 0 fully saturated rings. The molecule has 10 rings (SSSR count). The highest BCUT2D eigenvalue weighted by atomic mass is 16.3. The summed E-state index contributed by atoms with van der Waals surface area (Å²) in [6, 6.07) is 80.1. The maximum atomic E-state index is 6.21. The van der Waals surface area contributed by atoms with Crippen molar-refractivity contribution in [2.24, 2.45) is 0 Å². The minimum atomic E-state index is 0.878. The van der Waals surface area contributed by atoms with Crippen LogP contribution in [0, 0.1) is 0 Å². The van der Waals surface area contributed by atoms with E-state index in [9.17, 15) is 0 Å². The van der Waals surface area contributed by atoms with E-state index in [1.807, 2.05) is 18.2 Å². The van der Waals surface area contributed by atoms with Gasteiger partial charge in [-0.05, 0) is 110 Å². The van der Waals surface area contributed by atoms with Gasteiger partial charge in [0.1, 0.15) is 11.3 Å². The van der Waals surface area contributed by atoms with Crippen molar-refractivity contribution in [3.05, 3.63) is 224 Å². The number of anilines is 3. The van der Waals surface area contributed by atoms with Gasteiger partial charge in [-0.15, -0.1) is 0 Å². The van der Waals surface area contributed by atoms with Crippen molar-refractivity contribution in [2.45, 2.75) is 0 Å². The van der Waals surface area contributed by atoms with Gasteiger partial charge in [-0.2, -0.15) is 0 Å². The first-order chi connectivity index (χ1) is 27.7. The molecule has 56 heavy (non-hydrogen) atoms. The molecule has 10 aromatic rings. The summed E-state index contributed by atoms with van der Waals surface area (Å²) in [6.07, 6.45) is 0. The molecule has 0 saturated heterocycles. The Labute approximate surface area is 327 Å². The van der Waals surface area contributed by atoms with E-state index in [-0.39, 0.29) is 0 Å². The summed E-state index contributed by atoms with van der Waals surface area (Å²) >= 11 is 0. The summed E-state index contributed by atoms with van der Waals surface area (Å²) in [5.74, 6) is 0.878. The molecule has 264 valence electrons. The Morgan fingerprint density at radius 3 is 1.57 bits per heavy atom. The second kappa shape index (κ2) is 14.4. The molecule has 0 aliphatic rings. The molecule has 9 aromatic carbocycles. The van der Waals surface area contributed by atoms with Crippen LogP contribution in [0.2, 0.25) is 0 Å². The van der Waals surface area contributed by atoms with Gasteiger partial charge in [0.15, 0.2) is 0 Å². The lowest BCUT2D eigenvalue weighted by Crippen LogP contribution is -2.11. The van der Waals surface area contributed by atoms with Crippen molar-refractivity contribution in [3.8, 4) is 55.8 Å². The number of fused-ring (bicyclic) bond motifs is 2. The normalized spacial score (nSPS) is 11.2. The Kier molecular flexibility index (Phi) is 8.55. The van der Waals surface area contributed by atoms with Crippen LogP contribution >= 0.6 is 0 Å². The molecule has 0 unspecified atom stereocenters. The molecule has 2 heteroatoms. The molecule has 0 N–H and O–H groups in total. The summed E-state index contributed by atoms with van der Waals surface area (Å²) in [7, 11) is 0. The Bertz CT molecular complexity index is 2930. The van der Waals surface area contributed by atoms with Gasteiger partial charge in [-0.25, -0.2) is 0 Å². The van der Waals surface area contributed by atoms with E-state index in [2.05, 4.69) is 211 Å². The molecule has 1 aromatic heterocycles. The molecule has 0 atom stereocenters. The fourth-order valence-corrected chi connectivity index (χ4v) is 7.80. The zero-order valence-corrected chi connectivity index (χ0v) is 30.7. The number of furan rings is 1. The third-order valence-corrected chi connectivity index (χ3v) is 10.6. The summed E-state index contributed by atoms with van der Waals surface area (Å²) in [5, 5.41) is 3.47. The van der Waals surface area contributed by atoms with Crippen LogP contribution in [0.1, 0.15) is 0 Å². The van der Waals surface area contributed by atoms with Crippen molar-refractivity contribution in [2.75, 3.05) is 4.90 Å². The number of hydrogen-bond donors (Lipinski definition) is 0. The number of nitrogens with zero attached hydrogens (tertiary/aromatic N) is 1. The first-order valence-electron chi connectivity index (χ1n) is 19.1. The van der Waals surface area contributed by atoms with E-state index in [0.717, 1.165) is 44.9 Å². The van der Waals surface area contributed by atoms with Gasteiger partial charge in [0.2, 0.25) is 0 Å². The van der Waals surface area contributed by atoms with Crippen LogP contribution in [0.25, 0.3) is 77.6 Å². The highest BCUT2D eigenvalue weighted by Gasteiger charge is 2.18. The first-order valence-corrected chi connectivity index (χ1v) is 19.1. The van der Waals surface area contributed by atoms with Gasteiger partial charge < -0.3 is 9.32 Å². The van der Waals surface area contributed by atoms with Crippen molar-refractivity contribution < 1.29 is 4.42 Å². The molecule has 0 aliphatic carbocycles. The van der Waals surface area contributed by atoms with Gasteiger partial charge in [0, 0.05) is 27.9 Å². The Balaban J connectivity index is 1.03. The van der Waals surface area contributed by atoms with E-state index in [0.29, 0.717) is 0 Å². The molecule has 1 heterocycles. The Morgan fingerprint density at radius 1 is 0.286 bits per heavy atom. The van der Waals surface area contributed by atoms with Gasteiger partial charge in [-0.3, -0.25) is 0 Å². The smallest absolute Gasteiger partial charge is 0.135 e. The van der Waals surface area contributed by atoms with Crippen molar-refractivity contribution in [1.82, 2.24) is 0 Å². The average molecular weight is 716 g/mol. The highest BCUT2D eigenvalue weighted by molar-refractivity contribution is 5.95. The highest BCUT2D eigenvalue weighted by Crippen LogP contribution is 2.42. The van der Waals surface area contributed by atoms with Gasteiger partial charge >= 0.3 is 0 Å². The van der Waals surface area contributed by atoms with E-state index < -0.39 is 0 Å². The van der Waals surface area contributed by atoms with Crippen LogP contribution in [0.5, 0.6) is 0 Å². The van der Waals surface area contributed by atoms with Crippen LogP contribution in [-0.4, -0.2) is 0 Å². The lowest BCUT2D eigenvalue weighted by Gasteiger charge is -2.28. The number of para-hydroxylation sites is 2. The van der Waals surface area contributed by atoms with E-state index in [4.69, 9.17) is 4.42 Å². The first kappa shape index (κ1) is 33.2. The minimum Gasteiger partial charge on any atom is -0.456 e. The standard InChI is InChI=1S/C54H37NO/c1-3-13-38(14-4-1)41-18-11-19-42(33-41)39-27-30-49(31-28-39)55(52-23-9-8-22-51(52)40-15-5-2-6-16-40)50-32-29-45-34-44(25-26-46(45)36-50)43-20-12-21-47(35-43)54-37-48-17-7-10-24-53(48)56-54/h1-37H. The van der Waals surface area contributed by atoms with E-state index >= 15 is 0 Å². The molecule has 0 bridgehead atoms. The van der Waals surface area contributed by atoms with Crippen molar-refractivity contribution in [1.29, 1.82) is 0 Å². The summed E-state index contributed by atoms with van der Waals surface area (Å²) in [4.78, 5) is 2.39. The Morgan fingerprint density at radius 2 is 0.804 bits per heavy atom. The van der Waals surface area contributed by atoms with Crippen LogP contribution in [0.3, 0.4) is 0 Å². The minimum absolute atomic E-state index is 0.878. The van der Waals surface area contributed by atoms with E-state index in [1.54, 1.807) is 0 Å². The molecule has 0 aliphatic heterocycles. The summed E-state index contributed by atoms with van der Waals surface area (Å²) in [5.41, 5.74) is 14.8. The molecule has 0 amide bonds. The quantitative estimate of drug-likeness (QED) is 0.156. The average Bonchev–Trinajstić information content (AvgIpc) is 3.72. The van der Waals surface area contributed by atoms with Gasteiger partial charge in [-0.1, -0.05) is 164 Å². The fourth-order valence-electron chi connectivity index (χ4n) is 7.80. The molecule has 0 radical (unpaired) electrons. The predicted molar refractivity (Wildman–Crippen MR) is 236 cm³/mol. The summed E-state index contributed by atoms with van der Waals surface area (Å²) < 4.78 is 6.21. The van der Waals surface area contributed by atoms with Crippen molar-refractivity contribution >= 4 is 38.8 Å². The largest absolute Gasteiger partial charge is 0.456 e. The van der Waals surface area contributed by atoms with Crippen LogP contribution in [0.15, 0.2) is 229 Å². The van der Waals surface area contributed by atoms with Crippen LogP contribution < -0.4 is 4.90 Å². The second-order valence-corrected chi connectivity index (χ2v) is 14.2. The maximum Gasteiger partial charge on any atom is 0.135 e. The van der Waals surface area contributed by atoms with Crippen LogP contribution in [0.4, 0.5) is 17.1 Å². The summed E-state index contributed by atoms with van der Waals surface area (Å²) in [6.45, 7) is 0. The van der Waals surface area contributed by atoms with Gasteiger partial charge in [0.05, 0.1) is 5.69 Å². The van der Waals surface area contributed by atoms with Gasteiger partial charge in [0.25, 0.3) is 0 Å². The number of rotatable bonds is 8. The lowest BCUT2D eigenvalue weighted by molar-refractivity contribution is 0.631. The molecule has 2 nitrogen and oxygen atoms in total. The number of hydrogen-bond acceptors (Lipinski definition) is 2. The molecule has 0 saturated carbocycles. The SMILES string of the molecule is c1ccc(-c2cccc(-c3ccc(N(c4ccc5cc(-c6cccc(-c7cc8ccccc8o7)c6)ccc5c4)c4ccccc4-c4ccccc4)cc3)c2)cc1. The molecular weight excluding hydrogens is 679 g/mol. The monoisotopic (exact) mass is 715 g/mol.